The van der Waals surface area contributed by atoms with Crippen LogP contribution in [0.3, 0.4) is 0 Å². The molecule has 0 spiro atoms. The van der Waals surface area contributed by atoms with Crippen molar-refractivity contribution in [3.63, 3.8) is 0 Å². The summed E-state index contributed by atoms with van der Waals surface area (Å²) in [7, 11) is 1.71. The van der Waals surface area contributed by atoms with Gasteiger partial charge in [-0.25, -0.2) is 0 Å². The number of allylic oxidation sites excluding steroid dienone is 5. The minimum absolute atomic E-state index is 0.0591. The number of amides is 1. The van der Waals surface area contributed by atoms with Gasteiger partial charge in [0.2, 0.25) is 5.91 Å². The molecular weight excluding hydrogens is 334 g/mol. The predicted molar refractivity (Wildman–Crippen MR) is 115 cm³/mol. The van der Waals surface area contributed by atoms with Gasteiger partial charge >= 0.3 is 0 Å². The van der Waals surface area contributed by atoms with Crippen molar-refractivity contribution in [2.75, 3.05) is 13.7 Å². The Balaban J connectivity index is 2.28. The number of nitrogens with one attached hydrogen (secondary N) is 1. The van der Waals surface area contributed by atoms with Crippen molar-refractivity contribution in [3.8, 4) is 5.75 Å². The van der Waals surface area contributed by atoms with E-state index in [1.807, 2.05) is 26.0 Å². The fraction of sp³-hybridized carbons (Fsp3) is 0.292. The zero-order chi connectivity index (χ0) is 20.0. The number of rotatable bonds is 6. The van der Waals surface area contributed by atoms with Crippen LogP contribution in [0.1, 0.15) is 37.5 Å². The molecule has 27 heavy (non-hydrogen) atoms. The summed E-state index contributed by atoms with van der Waals surface area (Å²) in [5, 5.41) is 5.23. The molecule has 0 atom stereocenters. The van der Waals surface area contributed by atoms with Crippen LogP contribution in [0.4, 0.5) is 0 Å². The number of likely N-dealkylation sites (N-methyl/N-ethyl adjacent to an activating group) is 1. The lowest BCUT2D eigenvalue weighted by molar-refractivity contribution is -0.116. The standard InChI is InChI=1S/C24H29NO2/c1-7-25-24(26)13-16(2)9-8-10-17(3)20-11-12-21-19(5)23(27-6)14-18(4)22(21)15-20/h8-15H,7H2,1-6H3,(H,25,26)/b9-8+,16-13+,17-10-. The van der Waals surface area contributed by atoms with Crippen LogP contribution in [0.5, 0.6) is 5.75 Å². The Morgan fingerprint density at radius 2 is 1.89 bits per heavy atom. The molecule has 142 valence electrons. The van der Waals surface area contributed by atoms with E-state index in [0.29, 0.717) is 6.54 Å². The second-order valence-corrected chi connectivity index (χ2v) is 6.77. The minimum atomic E-state index is -0.0591. The van der Waals surface area contributed by atoms with E-state index in [1.54, 1.807) is 13.2 Å². The average molecular weight is 364 g/mol. The number of carbonyl (C=O) groups excluding carboxylic acids is 1. The molecule has 0 fully saturated rings. The van der Waals surface area contributed by atoms with E-state index >= 15 is 0 Å². The van der Waals surface area contributed by atoms with Gasteiger partial charge in [0.25, 0.3) is 0 Å². The van der Waals surface area contributed by atoms with E-state index in [-0.39, 0.29) is 5.91 Å². The maximum atomic E-state index is 11.6. The van der Waals surface area contributed by atoms with Crippen molar-refractivity contribution >= 4 is 22.3 Å². The molecule has 0 radical (unpaired) electrons. The first-order chi connectivity index (χ1) is 12.9. The fourth-order valence-corrected chi connectivity index (χ4v) is 3.09. The normalized spacial score (nSPS) is 12.7. The minimum Gasteiger partial charge on any atom is -0.496 e. The molecule has 0 heterocycles. The number of hydrogen-bond acceptors (Lipinski definition) is 2. The average Bonchev–Trinajstić information content (AvgIpc) is 2.64. The van der Waals surface area contributed by atoms with E-state index in [1.165, 1.54) is 27.5 Å². The number of carbonyl (C=O) groups is 1. The van der Waals surface area contributed by atoms with Crippen molar-refractivity contribution in [2.45, 2.75) is 34.6 Å². The lowest BCUT2D eigenvalue weighted by atomic mass is 9.96. The third-order valence-corrected chi connectivity index (χ3v) is 4.66. The third kappa shape index (κ3) is 5.10. The number of ether oxygens (including phenoxy) is 1. The highest BCUT2D eigenvalue weighted by molar-refractivity contribution is 5.93. The van der Waals surface area contributed by atoms with Crippen LogP contribution in [0.2, 0.25) is 0 Å². The number of aryl methyl sites for hydroxylation is 2. The first-order valence-electron chi connectivity index (χ1n) is 9.26. The molecule has 0 aliphatic heterocycles. The molecule has 0 unspecified atom stereocenters. The molecule has 0 saturated carbocycles. The van der Waals surface area contributed by atoms with Gasteiger partial charge in [-0.15, -0.1) is 0 Å². The van der Waals surface area contributed by atoms with Gasteiger partial charge in [-0.3, -0.25) is 4.79 Å². The van der Waals surface area contributed by atoms with Gasteiger partial charge in [0.05, 0.1) is 7.11 Å². The first kappa shape index (κ1) is 20.5. The zero-order valence-electron chi connectivity index (χ0n) is 17.1. The van der Waals surface area contributed by atoms with Crippen LogP contribution in [0.15, 0.2) is 54.1 Å². The van der Waals surface area contributed by atoms with Gasteiger partial charge in [0, 0.05) is 12.6 Å². The largest absolute Gasteiger partial charge is 0.496 e. The number of methoxy groups -OCH3 is 1. The summed E-state index contributed by atoms with van der Waals surface area (Å²) < 4.78 is 5.48. The maximum absolute atomic E-state index is 11.6. The molecule has 2 rings (SSSR count). The summed E-state index contributed by atoms with van der Waals surface area (Å²) in [6, 6.07) is 8.63. The Morgan fingerprint density at radius 3 is 2.56 bits per heavy atom. The summed E-state index contributed by atoms with van der Waals surface area (Å²) in [5.41, 5.74) is 5.65. The van der Waals surface area contributed by atoms with Crippen LogP contribution in [0.25, 0.3) is 16.3 Å². The predicted octanol–water partition coefficient (Wildman–Crippen LogP) is 5.51. The molecule has 2 aromatic carbocycles. The van der Waals surface area contributed by atoms with Crippen LogP contribution in [0, 0.1) is 13.8 Å². The van der Waals surface area contributed by atoms with E-state index in [0.717, 1.165) is 16.9 Å². The molecule has 3 heteroatoms. The molecule has 0 aliphatic carbocycles. The van der Waals surface area contributed by atoms with E-state index in [9.17, 15) is 4.79 Å². The summed E-state index contributed by atoms with van der Waals surface area (Å²) in [6.07, 6.45) is 7.61. The molecule has 1 amide bonds. The van der Waals surface area contributed by atoms with Crippen LogP contribution < -0.4 is 10.1 Å². The number of benzene rings is 2. The molecule has 0 aromatic heterocycles. The molecular formula is C24H29NO2. The monoisotopic (exact) mass is 363 g/mol. The molecule has 0 saturated heterocycles. The quantitative estimate of drug-likeness (QED) is 0.543. The lowest BCUT2D eigenvalue weighted by Gasteiger charge is -2.12. The summed E-state index contributed by atoms with van der Waals surface area (Å²) >= 11 is 0. The first-order valence-corrected chi connectivity index (χ1v) is 9.26. The van der Waals surface area contributed by atoms with Gasteiger partial charge in [-0.2, -0.15) is 0 Å². The van der Waals surface area contributed by atoms with Crippen molar-refractivity contribution in [3.05, 3.63) is 70.8 Å². The summed E-state index contributed by atoms with van der Waals surface area (Å²) in [4.78, 5) is 11.6. The van der Waals surface area contributed by atoms with E-state index in [2.05, 4.69) is 56.4 Å². The van der Waals surface area contributed by atoms with Gasteiger partial charge in [-0.1, -0.05) is 30.4 Å². The van der Waals surface area contributed by atoms with Gasteiger partial charge in [0.1, 0.15) is 5.75 Å². The van der Waals surface area contributed by atoms with E-state index < -0.39 is 0 Å². The summed E-state index contributed by atoms with van der Waals surface area (Å²) in [5.74, 6) is 0.869. The summed E-state index contributed by atoms with van der Waals surface area (Å²) in [6.45, 7) is 10.8. The van der Waals surface area contributed by atoms with Crippen molar-refractivity contribution in [1.82, 2.24) is 5.32 Å². The second-order valence-electron chi connectivity index (χ2n) is 6.77. The Bertz CT molecular complexity index is 933. The Hall–Kier alpha value is -2.81. The number of hydrogen-bond donors (Lipinski definition) is 1. The van der Waals surface area contributed by atoms with Gasteiger partial charge in [0.15, 0.2) is 0 Å². The highest BCUT2D eigenvalue weighted by Gasteiger charge is 2.08. The van der Waals surface area contributed by atoms with Crippen LogP contribution in [-0.2, 0) is 4.79 Å². The molecule has 0 aliphatic rings. The van der Waals surface area contributed by atoms with E-state index in [4.69, 9.17) is 4.74 Å². The molecule has 2 aromatic rings. The van der Waals surface area contributed by atoms with Crippen molar-refractivity contribution in [1.29, 1.82) is 0 Å². The topological polar surface area (TPSA) is 38.3 Å². The van der Waals surface area contributed by atoms with Crippen molar-refractivity contribution in [2.24, 2.45) is 0 Å². The second kappa shape index (κ2) is 9.22. The maximum Gasteiger partial charge on any atom is 0.244 e. The highest BCUT2D eigenvalue weighted by atomic mass is 16.5. The molecule has 1 N–H and O–H groups in total. The SMILES string of the molecule is CCNC(=O)/C=C(C)/C=C/C=C(/C)c1ccc2c(C)c(OC)cc(C)c2c1. The van der Waals surface area contributed by atoms with Gasteiger partial charge < -0.3 is 10.1 Å². The van der Waals surface area contributed by atoms with Gasteiger partial charge in [-0.05, 0) is 85.4 Å². The lowest BCUT2D eigenvalue weighted by Crippen LogP contribution is -2.20. The Morgan fingerprint density at radius 1 is 1.15 bits per heavy atom. The Kier molecular flexibility index (Phi) is 7.00. The van der Waals surface area contributed by atoms with Crippen LogP contribution in [-0.4, -0.2) is 19.6 Å². The highest BCUT2D eigenvalue weighted by Crippen LogP contribution is 2.32. The van der Waals surface area contributed by atoms with Crippen LogP contribution >= 0.6 is 0 Å². The zero-order valence-corrected chi connectivity index (χ0v) is 17.1. The fourth-order valence-electron chi connectivity index (χ4n) is 3.09. The van der Waals surface area contributed by atoms with Crippen molar-refractivity contribution < 1.29 is 9.53 Å². The molecule has 3 nitrogen and oxygen atoms in total. The smallest absolute Gasteiger partial charge is 0.244 e. The molecule has 0 bridgehead atoms. The Labute approximate surface area is 162 Å². The number of fused-ring (bicyclic) bond motifs is 1. The third-order valence-electron chi connectivity index (χ3n) is 4.66.